The number of halogens is 4. The van der Waals surface area contributed by atoms with Gasteiger partial charge in [0.2, 0.25) is 0 Å². The van der Waals surface area contributed by atoms with E-state index in [0.29, 0.717) is 12.5 Å². The van der Waals surface area contributed by atoms with Gasteiger partial charge in [-0.15, -0.1) is 0 Å². The van der Waals surface area contributed by atoms with E-state index in [2.05, 4.69) is 5.32 Å². The number of ether oxygens (including phenoxy) is 1. The third kappa shape index (κ3) is 8.51. The molecule has 130 valence electrons. The zero-order valence-electron chi connectivity index (χ0n) is 12.4. The number of carbonyl (C=O) groups is 1. The van der Waals surface area contributed by atoms with E-state index in [0.717, 1.165) is 25.3 Å². The number of rotatable bonds is 4. The van der Waals surface area contributed by atoms with Gasteiger partial charge in [-0.3, -0.25) is 0 Å². The van der Waals surface area contributed by atoms with Crippen LogP contribution in [0.1, 0.15) is 18.4 Å². The molecule has 1 saturated heterocycles. The lowest BCUT2D eigenvalue weighted by molar-refractivity contribution is -0.192. The van der Waals surface area contributed by atoms with Crippen molar-refractivity contribution in [3.8, 4) is 0 Å². The summed E-state index contributed by atoms with van der Waals surface area (Å²) >= 11 is 0. The fraction of sp³-hybridized carbons (Fsp3) is 0.533. The highest BCUT2D eigenvalue weighted by molar-refractivity contribution is 5.73. The fourth-order valence-corrected chi connectivity index (χ4v) is 1.97. The Bertz CT molecular complexity index is 471. The molecule has 0 aliphatic carbocycles. The first kappa shape index (κ1) is 19.4. The van der Waals surface area contributed by atoms with Crippen LogP contribution >= 0.6 is 0 Å². The molecule has 23 heavy (non-hydrogen) atoms. The second kappa shape index (κ2) is 9.46. The van der Waals surface area contributed by atoms with E-state index in [9.17, 15) is 17.6 Å². The molecular formula is C15H19F4NO3. The van der Waals surface area contributed by atoms with Crippen LogP contribution in [0.3, 0.4) is 0 Å². The van der Waals surface area contributed by atoms with Crippen LogP contribution in [-0.2, 0) is 16.1 Å². The van der Waals surface area contributed by atoms with Gasteiger partial charge in [-0.25, -0.2) is 9.18 Å². The van der Waals surface area contributed by atoms with Crippen molar-refractivity contribution in [2.24, 2.45) is 5.92 Å². The van der Waals surface area contributed by atoms with Gasteiger partial charge in [-0.2, -0.15) is 13.2 Å². The third-order valence-electron chi connectivity index (χ3n) is 3.24. The molecule has 1 aromatic rings. The first-order chi connectivity index (χ1) is 10.8. The van der Waals surface area contributed by atoms with E-state index in [1.54, 1.807) is 12.1 Å². The Morgan fingerprint density at radius 2 is 1.74 bits per heavy atom. The van der Waals surface area contributed by atoms with Crippen molar-refractivity contribution in [1.82, 2.24) is 5.32 Å². The highest BCUT2D eigenvalue weighted by Crippen LogP contribution is 2.13. The van der Waals surface area contributed by atoms with Crippen LogP contribution in [0, 0.1) is 11.7 Å². The summed E-state index contributed by atoms with van der Waals surface area (Å²) in [4.78, 5) is 8.90. The SMILES string of the molecule is Fc1ccc(COCC2CCNCC2)cc1.O=C(O)C(F)(F)F. The first-order valence-corrected chi connectivity index (χ1v) is 7.12. The lowest BCUT2D eigenvalue weighted by Crippen LogP contribution is -2.29. The molecule has 1 aromatic carbocycles. The third-order valence-corrected chi connectivity index (χ3v) is 3.24. The van der Waals surface area contributed by atoms with Gasteiger partial charge in [0.1, 0.15) is 5.82 Å². The largest absolute Gasteiger partial charge is 0.490 e. The average Bonchev–Trinajstić information content (AvgIpc) is 2.50. The standard InChI is InChI=1S/C13H18FNO.C2HF3O2/c14-13-3-1-11(2-4-13)9-16-10-12-5-7-15-8-6-12;3-2(4,5)1(6)7/h1-4,12,15H,5-10H2;(H,6,7). The highest BCUT2D eigenvalue weighted by Gasteiger charge is 2.38. The summed E-state index contributed by atoms with van der Waals surface area (Å²) < 4.78 is 50.0. The van der Waals surface area contributed by atoms with Crippen LogP contribution in [0.25, 0.3) is 0 Å². The molecule has 0 bridgehead atoms. The van der Waals surface area contributed by atoms with E-state index < -0.39 is 12.1 Å². The van der Waals surface area contributed by atoms with E-state index in [-0.39, 0.29) is 5.82 Å². The van der Waals surface area contributed by atoms with Crippen LogP contribution < -0.4 is 5.32 Å². The fourth-order valence-electron chi connectivity index (χ4n) is 1.97. The van der Waals surface area contributed by atoms with Crippen molar-refractivity contribution in [2.75, 3.05) is 19.7 Å². The second-order valence-corrected chi connectivity index (χ2v) is 5.14. The van der Waals surface area contributed by atoms with Crippen LogP contribution in [0.5, 0.6) is 0 Å². The van der Waals surface area contributed by atoms with Gasteiger partial charge >= 0.3 is 12.1 Å². The molecule has 2 rings (SSSR count). The molecule has 0 amide bonds. The summed E-state index contributed by atoms with van der Waals surface area (Å²) in [5.41, 5.74) is 1.04. The van der Waals surface area contributed by atoms with Gasteiger partial charge in [0.25, 0.3) is 0 Å². The maximum Gasteiger partial charge on any atom is 0.490 e. The molecule has 0 atom stereocenters. The molecule has 4 nitrogen and oxygen atoms in total. The van der Waals surface area contributed by atoms with Gasteiger partial charge in [0.15, 0.2) is 0 Å². The molecule has 0 saturated carbocycles. The van der Waals surface area contributed by atoms with Crippen LogP contribution in [0.2, 0.25) is 0 Å². The summed E-state index contributed by atoms with van der Waals surface area (Å²) in [6.07, 6.45) is -2.69. The number of alkyl halides is 3. The number of hydrogen-bond acceptors (Lipinski definition) is 3. The van der Waals surface area contributed by atoms with Crippen molar-refractivity contribution in [3.63, 3.8) is 0 Å². The van der Waals surface area contributed by atoms with Crippen molar-refractivity contribution < 1.29 is 32.2 Å². The summed E-state index contributed by atoms with van der Waals surface area (Å²) in [5.74, 6) is -2.27. The molecule has 0 radical (unpaired) electrons. The summed E-state index contributed by atoms with van der Waals surface area (Å²) in [6.45, 7) is 3.61. The molecular weight excluding hydrogens is 318 g/mol. The zero-order valence-corrected chi connectivity index (χ0v) is 12.4. The maximum absolute atomic E-state index is 12.7. The zero-order chi connectivity index (χ0) is 17.3. The van der Waals surface area contributed by atoms with Crippen LogP contribution in [0.4, 0.5) is 17.6 Å². The summed E-state index contributed by atoms with van der Waals surface area (Å²) in [7, 11) is 0. The molecule has 1 aliphatic heterocycles. The van der Waals surface area contributed by atoms with Gasteiger partial charge < -0.3 is 15.2 Å². The highest BCUT2D eigenvalue weighted by atomic mass is 19.4. The Labute approximate surface area is 131 Å². The molecule has 1 fully saturated rings. The van der Waals surface area contributed by atoms with Gasteiger partial charge in [-0.1, -0.05) is 12.1 Å². The first-order valence-electron chi connectivity index (χ1n) is 7.12. The lowest BCUT2D eigenvalue weighted by atomic mass is 9.99. The Hall–Kier alpha value is -1.67. The van der Waals surface area contributed by atoms with Crippen LogP contribution in [0.15, 0.2) is 24.3 Å². The van der Waals surface area contributed by atoms with Crippen molar-refractivity contribution >= 4 is 5.97 Å². The van der Waals surface area contributed by atoms with Gasteiger partial charge in [0.05, 0.1) is 6.61 Å². The quantitative estimate of drug-likeness (QED) is 0.830. The molecule has 2 N–H and O–H groups in total. The van der Waals surface area contributed by atoms with E-state index in [4.69, 9.17) is 14.6 Å². The minimum atomic E-state index is -5.08. The van der Waals surface area contributed by atoms with Crippen molar-refractivity contribution in [2.45, 2.75) is 25.6 Å². The van der Waals surface area contributed by atoms with Crippen molar-refractivity contribution in [3.05, 3.63) is 35.6 Å². The van der Waals surface area contributed by atoms with E-state index in [1.165, 1.54) is 25.0 Å². The number of carboxylic acid groups (broad SMARTS) is 1. The topological polar surface area (TPSA) is 58.6 Å². The predicted octanol–water partition coefficient (Wildman–Crippen LogP) is 2.98. The van der Waals surface area contributed by atoms with Crippen LogP contribution in [-0.4, -0.2) is 36.9 Å². The number of nitrogens with one attached hydrogen (secondary N) is 1. The number of benzene rings is 1. The average molecular weight is 337 g/mol. The van der Waals surface area contributed by atoms with Crippen molar-refractivity contribution in [1.29, 1.82) is 0 Å². The molecule has 8 heteroatoms. The molecule has 0 aromatic heterocycles. The van der Waals surface area contributed by atoms with Gasteiger partial charge in [0, 0.05) is 6.61 Å². The minimum Gasteiger partial charge on any atom is -0.475 e. The molecule has 1 heterocycles. The minimum absolute atomic E-state index is 0.192. The van der Waals surface area contributed by atoms with E-state index in [1.807, 2.05) is 0 Å². The molecule has 0 spiro atoms. The lowest BCUT2D eigenvalue weighted by Gasteiger charge is -2.22. The normalized spacial score (nSPS) is 15.7. The maximum atomic E-state index is 12.7. The summed E-state index contributed by atoms with van der Waals surface area (Å²) in [6, 6.07) is 6.50. The smallest absolute Gasteiger partial charge is 0.475 e. The molecule has 0 unspecified atom stereocenters. The van der Waals surface area contributed by atoms with E-state index >= 15 is 0 Å². The Morgan fingerprint density at radius 1 is 1.22 bits per heavy atom. The van der Waals surface area contributed by atoms with Gasteiger partial charge in [-0.05, 0) is 49.5 Å². The Morgan fingerprint density at radius 3 is 2.22 bits per heavy atom. The monoisotopic (exact) mass is 337 g/mol. The molecule has 1 aliphatic rings. The number of carboxylic acids is 1. The Balaban J connectivity index is 0.000000322. The number of aliphatic carboxylic acids is 1. The predicted molar refractivity (Wildman–Crippen MR) is 75.3 cm³/mol. The second-order valence-electron chi connectivity index (χ2n) is 5.14. The Kier molecular flexibility index (Phi) is 7.97. The summed E-state index contributed by atoms with van der Waals surface area (Å²) in [5, 5.41) is 10.5. The number of piperidine rings is 1. The number of hydrogen-bond donors (Lipinski definition) is 2.